The minimum absolute atomic E-state index is 0.0727. The number of carbonyl (C=O) groups excluding carboxylic acids is 1. The number of nitrogens with one attached hydrogen (secondary N) is 1. The maximum Gasteiger partial charge on any atom is 0.240 e. The van der Waals surface area contributed by atoms with Crippen LogP contribution in [0, 0.1) is 23.7 Å². The molecule has 2 saturated heterocycles. The van der Waals surface area contributed by atoms with E-state index in [0.29, 0.717) is 23.7 Å². The number of likely N-dealkylation sites (tertiary alicyclic amines) is 1. The largest absolute Gasteiger partial charge is 0.393 e. The summed E-state index contributed by atoms with van der Waals surface area (Å²) < 4.78 is 0. The van der Waals surface area contributed by atoms with Crippen LogP contribution < -0.4 is 5.32 Å². The quantitative estimate of drug-likeness (QED) is 0.729. The lowest BCUT2D eigenvalue weighted by Gasteiger charge is -2.25. The van der Waals surface area contributed by atoms with Gasteiger partial charge in [0.2, 0.25) is 5.91 Å². The van der Waals surface area contributed by atoms with Crippen molar-refractivity contribution in [3.05, 3.63) is 0 Å². The molecule has 1 amide bonds. The van der Waals surface area contributed by atoms with Gasteiger partial charge in [0.15, 0.2) is 0 Å². The molecule has 0 aromatic rings. The molecule has 0 spiro atoms. The van der Waals surface area contributed by atoms with Gasteiger partial charge in [-0.15, -0.1) is 0 Å². The lowest BCUT2D eigenvalue weighted by atomic mass is 9.93. The predicted molar refractivity (Wildman–Crippen MR) is 71.4 cm³/mol. The van der Waals surface area contributed by atoms with Gasteiger partial charge in [-0.25, -0.2) is 0 Å². The topological polar surface area (TPSA) is 52.6 Å². The van der Waals surface area contributed by atoms with Crippen LogP contribution in [0.5, 0.6) is 0 Å². The van der Waals surface area contributed by atoms with E-state index in [4.69, 9.17) is 0 Å². The van der Waals surface area contributed by atoms with Crippen molar-refractivity contribution in [3.8, 4) is 0 Å². The van der Waals surface area contributed by atoms with Gasteiger partial charge in [-0.1, -0.05) is 6.42 Å². The molecule has 2 aliphatic heterocycles. The lowest BCUT2D eigenvalue weighted by molar-refractivity contribution is -0.133. The van der Waals surface area contributed by atoms with E-state index >= 15 is 0 Å². The Kier molecular flexibility index (Phi) is 2.85. The fraction of sp³-hybridized carbons (Fsp3) is 0.933. The van der Waals surface area contributed by atoms with E-state index in [1.165, 1.54) is 19.3 Å². The molecule has 2 saturated carbocycles. The van der Waals surface area contributed by atoms with Crippen LogP contribution in [-0.4, -0.2) is 47.7 Å². The molecule has 0 aromatic carbocycles. The maximum atomic E-state index is 12.7. The van der Waals surface area contributed by atoms with Crippen LogP contribution in [-0.2, 0) is 4.79 Å². The van der Waals surface area contributed by atoms with Crippen LogP contribution in [0.1, 0.15) is 32.1 Å². The van der Waals surface area contributed by atoms with Crippen LogP contribution in [0.25, 0.3) is 0 Å². The van der Waals surface area contributed by atoms with E-state index in [9.17, 15) is 9.90 Å². The van der Waals surface area contributed by atoms with E-state index < -0.39 is 0 Å². The molecular weight excluding hydrogens is 240 g/mol. The third kappa shape index (κ3) is 1.83. The number of fused-ring (bicyclic) bond motifs is 2. The summed E-state index contributed by atoms with van der Waals surface area (Å²) in [5.74, 6) is 2.54. The normalized spacial score (nSPS) is 48.6. The highest BCUT2D eigenvalue weighted by atomic mass is 16.3. The van der Waals surface area contributed by atoms with Gasteiger partial charge >= 0.3 is 0 Å². The molecule has 4 rings (SSSR count). The SMILES string of the molecule is O=C(C1NCC2CCCC21)N1CC2CCC(O)C2C1. The van der Waals surface area contributed by atoms with E-state index in [1.807, 2.05) is 4.90 Å². The number of hydrogen-bond donors (Lipinski definition) is 2. The molecule has 2 heterocycles. The van der Waals surface area contributed by atoms with E-state index in [2.05, 4.69) is 5.32 Å². The standard InChI is InChI=1S/C15H24N2O2/c18-13-5-4-10-7-17(8-12(10)13)15(19)14-11-3-1-2-9(11)6-16-14/h9-14,16,18H,1-8H2. The third-order valence-electron chi connectivity index (χ3n) is 6.14. The number of hydrogen-bond acceptors (Lipinski definition) is 3. The highest BCUT2D eigenvalue weighted by molar-refractivity contribution is 5.83. The second-order valence-corrected chi connectivity index (χ2v) is 7.05. The molecule has 6 atom stereocenters. The molecule has 0 radical (unpaired) electrons. The maximum absolute atomic E-state index is 12.7. The van der Waals surface area contributed by atoms with Crippen LogP contribution in [0.15, 0.2) is 0 Å². The average Bonchev–Trinajstić information content (AvgIpc) is 3.10. The summed E-state index contributed by atoms with van der Waals surface area (Å²) in [6.07, 6.45) is 5.68. The fourth-order valence-corrected chi connectivity index (χ4v) is 5.07. The molecule has 6 unspecified atom stereocenters. The smallest absolute Gasteiger partial charge is 0.240 e. The summed E-state index contributed by atoms with van der Waals surface area (Å²) >= 11 is 0. The molecule has 4 nitrogen and oxygen atoms in total. The summed E-state index contributed by atoms with van der Waals surface area (Å²) in [4.78, 5) is 14.7. The van der Waals surface area contributed by atoms with E-state index in [-0.39, 0.29) is 12.1 Å². The van der Waals surface area contributed by atoms with Crippen LogP contribution in [0.2, 0.25) is 0 Å². The minimum atomic E-state index is -0.168. The first kappa shape index (κ1) is 12.2. The Bertz CT molecular complexity index is 386. The summed E-state index contributed by atoms with van der Waals surface area (Å²) in [5, 5.41) is 13.4. The number of amides is 1. The molecule has 2 aliphatic carbocycles. The molecular formula is C15H24N2O2. The van der Waals surface area contributed by atoms with Crippen molar-refractivity contribution >= 4 is 5.91 Å². The van der Waals surface area contributed by atoms with Gasteiger partial charge in [-0.3, -0.25) is 4.79 Å². The fourth-order valence-electron chi connectivity index (χ4n) is 5.07. The Labute approximate surface area is 114 Å². The minimum Gasteiger partial charge on any atom is -0.393 e. The van der Waals surface area contributed by atoms with E-state index in [1.54, 1.807) is 0 Å². The molecule has 0 aromatic heterocycles. The van der Waals surface area contributed by atoms with Crippen LogP contribution in [0.3, 0.4) is 0 Å². The van der Waals surface area contributed by atoms with Crippen molar-refractivity contribution < 1.29 is 9.90 Å². The second kappa shape index (κ2) is 4.45. The molecule has 4 aliphatic rings. The summed E-state index contributed by atoms with van der Waals surface area (Å²) in [6, 6.07) is 0.0727. The molecule has 2 N–H and O–H groups in total. The number of nitrogens with zero attached hydrogens (tertiary/aromatic N) is 1. The monoisotopic (exact) mass is 264 g/mol. The Hall–Kier alpha value is -0.610. The first-order chi connectivity index (χ1) is 9.24. The van der Waals surface area contributed by atoms with Gasteiger partial charge in [0.05, 0.1) is 12.1 Å². The molecule has 106 valence electrons. The van der Waals surface area contributed by atoms with Gasteiger partial charge in [0.1, 0.15) is 0 Å². The predicted octanol–water partition coefficient (Wildman–Crippen LogP) is 0.604. The first-order valence-electron chi connectivity index (χ1n) is 7.94. The van der Waals surface area contributed by atoms with Crippen molar-refractivity contribution in [1.82, 2.24) is 10.2 Å². The van der Waals surface area contributed by atoms with Gasteiger partial charge in [-0.2, -0.15) is 0 Å². The number of carbonyl (C=O) groups is 1. The van der Waals surface area contributed by atoms with Crippen molar-refractivity contribution in [3.63, 3.8) is 0 Å². The van der Waals surface area contributed by atoms with Crippen molar-refractivity contribution in [2.24, 2.45) is 23.7 Å². The van der Waals surface area contributed by atoms with Gasteiger partial charge in [0.25, 0.3) is 0 Å². The molecule has 4 heteroatoms. The zero-order chi connectivity index (χ0) is 13.0. The van der Waals surface area contributed by atoms with Crippen molar-refractivity contribution in [2.45, 2.75) is 44.2 Å². The highest BCUT2D eigenvalue weighted by Crippen LogP contribution is 2.41. The Morgan fingerprint density at radius 1 is 1.05 bits per heavy atom. The van der Waals surface area contributed by atoms with Crippen LogP contribution in [0.4, 0.5) is 0 Å². The van der Waals surface area contributed by atoms with Gasteiger partial charge in [0, 0.05) is 19.0 Å². The highest BCUT2D eigenvalue weighted by Gasteiger charge is 2.48. The summed E-state index contributed by atoms with van der Waals surface area (Å²) in [6.45, 7) is 2.71. The Balaban J connectivity index is 1.44. The Morgan fingerprint density at radius 2 is 1.95 bits per heavy atom. The van der Waals surface area contributed by atoms with Gasteiger partial charge in [-0.05, 0) is 50.0 Å². The molecule has 19 heavy (non-hydrogen) atoms. The lowest BCUT2D eigenvalue weighted by Crippen LogP contribution is -2.46. The van der Waals surface area contributed by atoms with Crippen molar-refractivity contribution in [1.29, 1.82) is 0 Å². The van der Waals surface area contributed by atoms with E-state index in [0.717, 1.165) is 38.4 Å². The van der Waals surface area contributed by atoms with Crippen molar-refractivity contribution in [2.75, 3.05) is 19.6 Å². The molecule has 4 fully saturated rings. The zero-order valence-electron chi connectivity index (χ0n) is 11.4. The molecule has 0 bridgehead atoms. The van der Waals surface area contributed by atoms with Crippen LogP contribution >= 0.6 is 0 Å². The second-order valence-electron chi connectivity index (χ2n) is 7.05. The third-order valence-corrected chi connectivity index (χ3v) is 6.14. The average molecular weight is 264 g/mol. The first-order valence-corrected chi connectivity index (χ1v) is 7.94. The number of rotatable bonds is 1. The zero-order valence-corrected chi connectivity index (χ0v) is 11.4. The number of aliphatic hydroxyl groups is 1. The number of aliphatic hydroxyl groups excluding tert-OH is 1. The summed E-state index contributed by atoms with van der Waals surface area (Å²) in [7, 11) is 0. The summed E-state index contributed by atoms with van der Waals surface area (Å²) in [5.41, 5.74) is 0. The van der Waals surface area contributed by atoms with Gasteiger partial charge < -0.3 is 15.3 Å². The Morgan fingerprint density at radius 3 is 2.79 bits per heavy atom.